The fourth-order valence-electron chi connectivity index (χ4n) is 6.70. The van der Waals surface area contributed by atoms with Gasteiger partial charge in [-0.1, -0.05) is 186 Å². The Morgan fingerprint density at radius 2 is 0.717 bits per heavy atom. The Hall–Kier alpha value is -1.31. The topological polar surface area (TPSA) is 26.3 Å². The quantitative estimate of drug-likeness (QED) is 0.0387. The Labute approximate surface area is 289 Å². The van der Waals surface area contributed by atoms with E-state index in [4.69, 9.17) is 4.74 Å². The van der Waals surface area contributed by atoms with E-state index >= 15 is 0 Å². The first-order valence-corrected chi connectivity index (χ1v) is 21.0. The van der Waals surface area contributed by atoms with Crippen molar-refractivity contribution in [1.82, 2.24) is 0 Å². The summed E-state index contributed by atoms with van der Waals surface area (Å²) in [5.74, 6) is 1.04. The molecule has 0 N–H and O–H groups in total. The summed E-state index contributed by atoms with van der Waals surface area (Å²) in [4.78, 5) is 12.0. The molecule has 0 saturated carbocycles. The Kier molecular flexibility index (Phi) is 32.5. The van der Waals surface area contributed by atoms with Crippen LogP contribution < -0.4 is 0 Å². The highest BCUT2D eigenvalue weighted by atomic mass is 16.6. The van der Waals surface area contributed by atoms with E-state index in [-0.39, 0.29) is 11.9 Å². The van der Waals surface area contributed by atoms with Gasteiger partial charge in [-0.3, -0.25) is 4.79 Å². The molecule has 1 aliphatic rings. The van der Waals surface area contributed by atoms with Crippen molar-refractivity contribution in [3.63, 3.8) is 0 Å². The summed E-state index contributed by atoms with van der Waals surface area (Å²) >= 11 is 0. The number of carbonyl (C=O) groups is 1. The van der Waals surface area contributed by atoms with Gasteiger partial charge in [0.15, 0.2) is 0 Å². The van der Waals surface area contributed by atoms with Crippen molar-refractivity contribution in [3.05, 3.63) is 36.1 Å². The number of unbranched alkanes of at least 4 members (excludes halogenated alkanes) is 29. The first kappa shape index (κ1) is 42.7. The number of carbonyl (C=O) groups excluding carboxylic acids is 1. The van der Waals surface area contributed by atoms with E-state index in [1.807, 2.05) is 0 Å². The minimum absolute atomic E-state index is 0.00854. The SMILES string of the molecule is CCCCCCCCCCC/C=C/CCCCCCC/C=C1/OC(=O)C1CCCCCCC/C=C/CCCCCCCCCCC. The molecular weight excluding hydrogens is 560 g/mol. The molecular formula is C44H80O2. The molecule has 1 heterocycles. The Bertz CT molecular complexity index is 732. The number of rotatable bonds is 36. The van der Waals surface area contributed by atoms with E-state index in [9.17, 15) is 4.79 Å². The van der Waals surface area contributed by atoms with Crippen LogP contribution in [0.4, 0.5) is 0 Å². The lowest BCUT2D eigenvalue weighted by atomic mass is 9.93. The Morgan fingerprint density at radius 1 is 0.413 bits per heavy atom. The fourth-order valence-corrected chi connectivity index (χ4v) is 6.70. The first-order valence-electron chi connectivity index (χ1n) is 21.0. The molecule has 0 bridgehead atoms. The normalized spacial score (nSPS) is 15.8. The highest BCUT2D eigenvalue weighted by Gasteiger charge is 2.36. The summed E-state index contributed by atoms with van der Waals surface area (Å²) in [5, 5.41) is 0. The van der Waals surface area contributed by atoms with E-state index in [0.717, 1.165) is 25.0 Å². The molecule has 1 atom stereocenters. The van der Waals surface area contributed by atoms with Crippen LogP contribution in [0.5, 0.6) is 0 Å². The zero-order chi connectivity index (χ0) is 33.0. The predicted molar refractivity (Wildman–Crippen MR) is 204 cm³/mol. The lowest BCUT2D eigenvalue weighted by Crippen LogP contribution is -2.32. The van der Waals surface area contributed by atoms with E-state index in [1.165, 1.54) is 199 Å². The van der Waals surface area contributed by atoms with Crippen molar-refractivity contribution in [3.8, 4) is 0 Å². The van der Waals surface area contributed by atoms with Crippen molar-refractivity contribution >= 4 is 5.97 Å². The molecule has 0 amide bonds. The second-order valence-corrected chi connectivity index (χ2v) is 14.4. The Morgan fingerprint density at radius 3 is 1.07 bits per heavy atom. The lowest BCUT2D eigenvalue weighted by Gasteiger charge is -2.28. The van der Waals surface area contributed by atoms with Crippen molar-refractivity contribution in [2.24, 2.45) is 5.92 Å². The minimum Gasteiger partial charge on any atom is -0.430 e. The summed E-state index contributed by atoms with van der Waals surface area (Å²) in [6, 6.07) is 0. The van der Waals surface area contributed by atoms with E-state index in [1.54, 1.807) is 0 Å². The van der Waals surface area contributed by atoms with Crippen molar-refractivity contribution in [1.29, 1.82) is 0 Å². The van der Waals surface area contributed by atoms with Gasteiger partial charge in [0.05, 0.1) is 0 Å². The summed E-state index contributed by atoms with van der Waals surface area (Å²) < 4.78 is 5.38. The molecule has 0 aliphatic carbocycles. The van der Waals surface area contributed by atoms with Gasteiger partial charge in [-0.25, -0.2) is 0 Å². The van der Waals surface area contributed by atoms with Crippen LogP contribution in [0, 0.1) is 5.92 Å². The van der Waals surface area contributed by atoms with Gasteiger partial charge in [-0.2, -0.15) is 0 Å². The minimum atomic E-state index is 0.00854. The van der Waals surface area contributed by atoms with Gasteiger partial charge < -0.3 is 4.74 Å². The highest BCUT2D eigenvalue weighted by Crippen LogP contribution is 2.32. The lowest BCUT2D eigenvalue weighted by molar-refractivity contribution is -0.157. The molecule has 2 nitrogen and oxygen atoms in total. The maximum absolute atomic E-state index is 12.0. The zero-order valence-electron chi connectivity index (χ0n) is 31.3. The van der Waals surface area contributed by atoms with Crippen molar-refractivity contribution < 1.29 is 9.53 Å². The van der Waals surface area contributed by atoms with Gasteiger partial charge in [0, 0.05) is 0 Å². The number of hydrogen-bond donors (Lipinski definition) is 0. The summed E-state index contributed by atoms with van der Waals surface area (Å²) in [6.45, 7) is 4.58. The second kappa shape index (κ2) is 35.0. The molecule has 46 heavy (non-hydrogen) atoms. The molecule has 1 fully saturated rings. The molecule has 0 aromatic rings. The molecule has 0 radical (unpaired) electrons. The van der Waals surface area contributed by atoms with Crippen LogP contribution in [0.1, 0.15) is 232 Å². The summed E-state index contributed by atoms with van der Waals surface area (Å²) in [7, 11) is 0. The number of allylic oxidation sites excluding steroid dienone is 5. The van der Waals surface area contributed by atoms with Crippen molar-refractivity contribution in [2.45, 2.75) is 232 Å². The first-order chi connectivity index (χ1) is 22.8. The van der Waals surface area contributed by atoms with Crippen LogP contribution in [-0.2, 0) is 9.53 Å². The molecule has 2 heteroatoms. The molecule has 0 aromatic heterocycles. The number of ether oxygens (including phenoxy) is 1. The largest absolute Gasteiger partial charge is 0.430 e. The van der Waals surface area contributed by atoms with Crippen molar-refractivity contribution in [2.75, 3.05) is 0 Å². The number of esters is 1. The monoisotopic (exact) mass is 641 g/mol. The van der Waals surface area contributed by atoms with Crippen LogP contribution >= 0.6 is 0 Å². The number of hydrogen-bond acceptors (Lipinski definition) is 2. The Balaban J connectivity index is 1.85. The van der Waals surface area contributed by atoms with Crippen LogP contribution in [0.15, 0.2) is 36.1 Å². The maximum Gasteiger partial charge on any atom is 0.321 e. The maximum atomic E-state index is 12.0. The van der Waals surface area contributed by atoms with Crippen LogP contribution in [0.2, 0.25) is 0 Å². The third-order valence-electron chi connectivity index (χ3n) is 9.91. The van der Waals surface area contributed by atoms with Crippen LogP contribution in [0.25, 0.3) is 0 Å². The molecule has 1 aliphatic heterocycles. The highest BCUT2D eigenvalue weighted by molar-refractivity contribution is 5.82. The van der Waals surface area contributed by atoms with Gasteiger partial charge in [-0.05, 0) is 76.7 Å². The molecule has 0 aromatic carbocycles. The van der Waals surface area contributed by atoms with Gasteiger partial charge in [-0.15, -0.1) is 0 Å². The smallest absolute Gasteiger partial charge is 0.321 e. The summed E-state index contributed by atoms with van der Waals surface area (Å²) in [6.07, 6.45) is 57.2. The van der Waals surface area contributed by atoms with Gasteiger partial charge in [0.1, 0.15) is 11.7 Å². The standard InChI is InChI=1S/C44H80O2/c1-3-5-7-9-11-13-15-17-19-21-23-25-27-29-31-33-35-37-39-41-43-42(44(45)46-43)40-38-36-34-32-30-28-26-24-22-20-18-16-14-12-10-8-6-4-2/h23-26,41-42H,3-22,27-40H2,1-2H3/b25-23+,26-24+,43-41+. The fraction of sp³-hybridized carbons (Fsp3) is 0.841. The van der Waals surface area contributed by atoms with E-state index in [2.05, 4.69) is 44.2 Å². The predicted octanol–water partition coefficient (Wildman–Crippen LogP) is 15.5. The van der Waals surface area contributed by atoms with Gasteiger partial charge in [0.2, 0.25) is 0 Å². The molecule has 268 valence electrons. The third-order valence-corrected chi connectivity index (χ3v) is 9.91. The van der Waals surface area contributed by atoms with Gasteiger partial charge in [0.25, 0.3) is 0 Å². The molecule has 1 saturated heterocycles. The second-order valence-electron chi connectivity index (χ2n) is 14.4. The third kappa shape index (κ3) is 27.8. The average Bonchev–Trinajstić information content (AvgIpc) is 3.06. The van der Waals surface area contributed by atoms with E-state index < -0.39 is 0 Å². The average molecular weight is 641 g/mol. The molecule has 0 spiro atoms. The number of cyclic esters (lactones) is 1. The zero-order valence-corrected chi connectivity index (χ0v) is 31.3. The van der Waals surface area contributed by atoms with Crippen LogP contribution in [-0.4, -0.2) is 5.97 Å². The molecule has 1 rings (SSSR count). The van der Waals surface area contributed by atoms with Crippen LogP contribution in [0.3, 0.4) is 0 Å². The molecule has 1 unspecified atom stereocenters. The summed E-state index contributed by atoms with van der Waals surface area (Å²) in [5.41, 5.74) is 0. The van der Waals surface area contributed by atoms with E-state index in [0.29, 0.717) is 0 Å². The van der Waals surface area contributed by atoms with Gasteiger partial charge >= 0.3 is 5.97 Å².